The van der Waals surface area contributed by atoms with E-state index in [0.29, 0.717) is 19.6 Å². The zero-order valence-electron chi connectivity index (χ0n) is 21.7. The molecule has 1 aromatic heterocycles. The zero-order chi connectivity index (χ0) is 26.5. The molecule has 1 aliphatic heterocycles. The molecule has 198 valence electrons. The second-order valence-corrected chi connectivity index (χ2v) is 9.66. The number of rotatable bonds is 8. The third kappa shape index (κ3) is 5.72. The van der Waals surface area contributed by atoms with E-state index >= 15 is 0 Å². The summed E-state index contributed by atoms with van der Waals surface area (Å²) in [6.45, 7) is 5.70. The Kier molecular flexibility index (Phi) is 8.03. The summed E-state index contributed by atoms with van der Waals surface area (Å²) < 4.78 is 15.3. The Hall–Kier alpha value is -3.72. The Morgan fingerprint density at radius 2 is 1.66 bits per heavy atom. The van der Waals surface area contributed by atoms with Gasteiger partial charge in [0.1, 0.15) is 0 Å². The Bertz CT molecular complexity index is 1350. The molecule has 8 nitrogen and oxygen atoms in total. The number of aliphatic hydroxyl groups is 1. The molecule has 1 saturated heterocycles. The number of ether oxygens (including phenoxy) is 2. The minimum atomic E-state index is -0.557. The summed E-state index contributed by atoms with van der Waals surface area (Å²) >= 11 is 0. The van der Waals surface area contributed by atoms with Crippen molar-refractivity contribution in [2.75, 3.05) is 6.54 Å². The van der Waals surface area contributed by atoms with Gasteiger partial charge in [0, 0.05) is 24.6 Å². The smallest absolute Gasteiger partial charge is 0.315 e. The first-order valence-corrected chi connectivity index (χ1v) is 13.1. The molecule has 4 atom stereocenters. The molecule has 0 bridgehead atoms. The lowest BCUT2D eigenvalue weighted by molar-refractivity contribution is -0.276. The average Bonchev–Trinajstić information content (AvgIpc) is 3.36. The van der Waals surface area contributed by atoms with Crippen molar-refractivity contribution in [1.82, 2.24) is 20.2 Å². The summed E-state index contributed by atoms with van der Waals surface area (Å²) in [5.74, 6) is 0.0629. The first-order chi connectivity index (χ1) is 18.6. The van der Waals surface area contributed by atoms with Crippen LogP contribution < -0.4 is 10.6 Å². The molecule has 38 heavy (non-hydrogen) atoms. The van der Waals surface area contributed by atoms with Gasteiger partial charge in [-0.15, -0.1) is 0 Å². The third-order valence-corrected chi connectivity index (χ3v) is 7.07. The molecule has 1 fully saturated rings. The van der Waals surface area contributed by atoms with Crippen LogP contribution in [0.25, 0.3) is 11.0 Å². The van der Waals surface area contributed by atoms with Crippen LogP contribution in [0, 0.1) is 5.92 Å². The van der Waals surface area contributed by atoms with Crippen molar-refractivity contribution < 1.29 is 19.4 Å². The molecule has 5 rings (SSSR count). The second kappa shape index (κ2) is 11.8. The fraction of sp³-hybridized carbons (Fsp3) is 0.333. The zero-order valence-corrected chi connectivity index (χ0v) is 21.7. The molecule has 3 N–H and O–H groups in total. The number of imidazole rings is 1. The van der Waals surface area contributed by atoms with Gasteiger partial charge in [0.2, 0.25) is 0 Å². The maximum absolute atomic E-state index is 11.7. The Morgan fingerprint density at radius 1 is 0.947 bits per heavy atom. The van der Waals surface area contributed by atoms with Gasteiger partial charge in [0.05, 0.1) is 42.7 Å². The van der Waals surface area contributed by atoms with E-state index in [-0.39, 0.29) is 30.8 Å². The number of aromatic nitrogens is 2. The lowest BCUT2D eigenvalue weighted by Gasteiger charge is -2.41. The van der Waals surface area contributed by atoms with Crippen molar-refractivity contribution in [1.29, 1.82) is 0 Å². The van der Waals surface area contributed by atoms with E-state index in [1.54, 1.807) is 0 Å². The normalized spacial score (nSPS) is 21.3. The number of aliphatic hydroxyl groups excluding tert-OH is 1. The van der Waals surface area contributed by atoms with E-state index < -0.39 is 6.29 Å². The Morgan fingerprint density at radius 3 is 2.39 bits per heavy atom. The van der Waals surface area contributed by atoms with Crippen molar-refractivity contribution in [3.8, 4) is 0 Å². The van der Waals surface area contributed by atoms with Crippen LogP contribution in [0.2, 0.25) is 0 Å². The van der Waals surface area contributed by atoms with Gasteiger partial charge in [-0.3, -0.25) is 0 Å². The third-order valence-electron chi connectivity index (χ3n) is 7.07. The van der Waals surface area contributed by atoms with E-state index in [1.807, 2.05) is 80.0 Å². The van der Waals surface area contributed by atoms with Crippen LogP contribution in [0.1, 0.15) is 48.5 Å². The standard InChI is InChI=1S/C30H34N4O4/c1-3-31-30(36)32-16-21-8-14-24(15-9-21)29-37-27(17-34-19-33-25-6-4-5-7-26(25)34)20(2)28(38-29)23-12-10-22(18-35)11-13-23/h4-15,19-20,27-29,35H,3,16-18H2,1-2H3,(H2,31,32,36)/t20-,27+,28+,29+/m0/s1. The fourth-order valence-electron chi connectivity index (χ4n) is 4.88. The maximum atomic E-state index is 11.7. The SMILES string of the molecule is CCNC(=O)NCc1ccc([C@@H]2O[C@H](Cn3cnc4ccccc43)[C@H](C)[C@H](c3ccc(CO)cc3)O2)cc1. The van der Waals surface area contributed by atoms with Gasteiger partial charge in [-0.1, -0.05) is 67.6 Å². The molecule has 4 aromatic rings. The fourth-order valence-corrected chi connectivity index (χ4v) is 4.88. The first-order valence-electron chi connectivity index (χ1n) is 13.1. The molecule has 3 aromatic carbocycles. The van der Waals surface area contributed by atoms with Gasteiger partial charge in [-0.25, -0.2) is 9.78 Å². The van der Waals surface area contributed by atoms with Crippen molar-refractivity contribution in [2.24, 2.45) is 5.92 Å². The summed E-state index contributed by atoms with van der Waals surface area (Å²) in [5.41, 5.74) is 5.84. The summed E-state index contributed by atoms with van der Waals surface area (Å²) in [7, 11) is 0. The van der Waals surface area contributed by atoms with E-state index in [4.69, 9.17) is 9.47 Å². The lowest BCUT2D eigenvalue weighted by Crippen LogP contribution is -2.39. The average molecular weight is 515 g/mol. The monoisotopic (exact) mass is 514 g/mol. The largest absolute Gasteiger partial charge is 0.392 e. The first kappa shape index (κ1) is 25.9. The molecular weight excluding hydrogens is 480 g/mol. The van der Waals surface area contributed by atoms with Crippen molar-refractivity contribution in [3.05, 3.63) is 101 Å². The number of para-hydroxylation sites is 2. The van der Waals surface area contributed by atoms with Crippen LogP contribution in [-0.2, 0) is 29.2 Å². The lowest BCUT2D eigenvalue weighted by atomic mass is 9.90. The number of urea groups is 1. The van der Waals surface area contributed by atoms with Gasteiger partial charge in [-0.2, -0.15) is 0 Å². The highest BCUT2D eigenvalue weighted by molar-refractivity contribution is 5.75. The molecule has 0 unspecified atom stereocenters. The van der Waals surface area contributed by atoms with E-state index in [2.05, 4.69) is 33.2 Å². The highest BCUT2D eigenvalue weighted by atomic mass is 16.7. The molecule has 2 heterocycles. The summed E-state index contributed by atoms with van der Waals surface area (Å²) in [6, 6.07) is 23.8. The minimum Gasteiger partial charge on any atom is -0.392 e. The molecule has 1 aliphatic rings. The van der Waals surface area contributed by atoms with Gasteiger partial charge in [-0.05, 0) is 35.7 Å². The maximum Gasteiger partial charge on any atom is 0.315 e. The molecule has 0 saturated carbocycles. The van der Waals surface area contributed by atoms with Crippen LogP contribution >= 0.6 is 0 Å². The molecule has 0 aliphatic carbocycles. The number of carbonyl (C=O) groups excluding carboxylic acids is 1. The summed E-state index contributed by atoms with van der Waals surface area (Å²) in [5, 5.41) is 15.1. The Labute approximate surface area is 222 Å². The second-order valence-electron chi connectivity index (χ2n) is 9.66. The van der Waals surface area contributed by atoms with E-state index in [1.165, 1.54) is 0 Å². The number of hydrogen-bond acceptors (Lipinski definition) is 5. The number of nitrogens with zero attached hydrogens (tertiary/aromatic N) is 2. The Balaban J connectivity index is 1.39. The highest BCUT2D eigenvalue weighted by Gasteiger charge is 2.38. The molecule has 0 spiro atoms. The van der Waals surface area contributed by atoms with Crippen LogP contribution in [0.15, 0.2) is 79.1 Å². The number of hydrogen-bond donors (Lipinski definition) is 3. The van der Waals surface area contributed by atoms with Crippen molar-refractivity contribution in [3.63, 3.8) is 0 Å². The number of fused-ring (bicyclic) bond motifs is 1. The van der Waals surface area contributed by atoms with Gasteiger partial charge in [0.15, 0.2) is 6.29 Å². The van der Waals surface area contributed by atoms with Crippen LogP contribution in [0.5, 0.6) is 0 Å². The molecule has 0 radical (unpaired) electrons. The van der Waals surface area contributed by atoms with Gasteiger partial charge in [0.25, 0.3) is 0 Å². The van der Waals surface area contributed by atoms with Gasteiger partial charge < -0.3 is 29.8 Å². The predicted molar refractivity (Wildman–Crippen MR) is 145 cm³/mol. The number of benzene rings is 3. The molecule has 8 heteroatoms. The summed E-state index contributed by atoms with van der Waals surface area (Å²) in [4.78, 5) is 16.3. The highest BCUT2D eigenvalue weighted by Crippen LogP contribution is 2.42. The summed E-state index contributed by atoms with van der Waals surface area (Å²) in [6.07, 6.45) is 0.986. The van der Waals surface area contributed by atoms with Crippen LogP contribution in [0.4, 0.5) is 4.79 Å². The quantitative estimate of drug-likeness (QED) is 0.313. The molecular formula is C30H34N4O4. The predicted octanol–water partition coefficient (Wildman–Crippen LogP) is 4.84. The van der Waals surface area contributed by atoms with Crippen LogP contribution in [0.3, 0.4) is 0 Å². The van der Waals surface area contributed by atoms with E-state index in [0.717, 1.165) is 33.3 Å². The van der Waals surface area contributed by atoms with Crippen molar-refractivity contribution in [2.45, 2.75) is 52.0 Å². The number of carbonyl (C=O) groups is 1. The van der Waals surface area contributed by atoms with Crippen molar-refractivity contribution >= 4 is 17.1 Å². The minimum absolute atomic E-state index is 0.00469. The topological polar surface area (TPSA) is 97.6 Å². The number of nitrogens with one attached hydrogen (secondary N) is 2. The molecule has 2 amide bonds. The van der Waals surface area contributed by atoms with Crippen LogP contribution in [-0.4, -0.2) is 33.3 Å². The van der Waals surface area contributed by atoms with Gasteiger partial charge >= 0.3 is 6.03 Å². The number of amides is 2. The van der Waals surface area contributed by atoms with E-state index in [9.17, 15) is 9.90 Å².